The molecule has 0 spiro atoms. The van der Waals surface area contributed by atoms with Gasteiger partial charge in [0.2, 0.25) is 0 Å². The molecule has 0 amide bonds. The summed E-state index contributed by atoms with van der Waals surface area (Å²) in [6.45, 7) is 0. The first-order valence-electron chi connectivity index (χ1n) is 0.494. The van der Waals surface area contributed by atoms with Crippen molar-refractivity contribution in [2.24, 2.45) is 0 Å². The number of rotatable bonds is 0. The second-order valence-electron chi connectivity index (χ2n) is 0.105. The summed E-state index contributed by atoms with van der Waals surface area (Å²) in [5.41, 5.74) is 0. The summed E-state index contributed by atoms with van der Waals surface area (Å²) in [7, 11) is 0. The van der Waals surface area contributed by atoms with Gasteiger partial charge in [0.25, 0.3) is 0 Å². The fourth-order valence-electron chi connectivity index (χ4n) is 0. The van der Waals surface area contributed by atoms with Crippen LogP contribution in [0.15, 0.2) is 0 Å². The Labute approximate surface area is 78.0 Å². The molecule has 5 heavy (non-hydrogen) atoms. The van der Waals surface area contributed by atoms with Crippen molar-refractivity contribution in [3.8, 4) is 0 Å². The van der Waals surface area contributed by atoms with Gasteiger partial charge in [-0.15, -0.1) is 0 Å². The normalized spacial score (nSPS) is 1.60. The van der Waals surface area contributed by atoms with Gasteiger partial charge < -0.3 is 0 Å². The third kappa shape index (κ3) is 27.0. The fourth-order valence-corrected chi connectivity index (χ4v) is 0. The third-order valence-corrected chi connectivity index (χ3v) is 0. The van der Waals surface area contributed by atoms with Crippen LogP contribution in [0.3, 0.4) is 0 Å². The Morgan fingerprint density at radius 2 is 1.60 bits per heavy atom. The molecule has 0 aliphatic carbocycles. The van der Waals surface area contributed by atoms with E-state index < -0.39 is 15.5 Å². The number of hydrogen-bond donors (Lipinski definition) is 1. The monoisotopic (exact) mass is 120 g/mol. The molecular weight excluding hydrogens is 117 g/mol. The zero-order valence-electron chi connectivity index (χ0n) is 1.84. The second-order valence-corrected chi connectivity index (χ2v) is 0.316. The topological polar surface area (TPSA) is 37.3 Å². The van der Waals surface area contributed by atoms with Crippen molar-refractivity contribution < 1.29 is 12.7 Å². The van der Waals surface area contributed by atoms with Gasteiger partial charge in [-0.25, -0.2) is 0 Å². The van der Waals surface area contributed by atoms with Crippen LogP contribution in [0.2, 0.25) is 0 Å². The van der Waals surface area contributed by atoms with Crippen molar-refractivity contribution in [2.45, 2.75) is 0 Å². The summed E-state index contributed by atoms with van der Waals surface area (Å²) in [5, 5.41) is 0. The van der Waals surface area contributed by atoms with Crippen molar-refractivity contribution in [1.29, 1.82) is 0 Å². The molecule has 0 heterocycles. The molecule has 0 unspecified atom stereocenters. The van der Waals surface area contributed by atoms with E-state index in [2.05, 4.69) is 0 Å². The van der Waals surface area contributed by atoms with Crippen LogP contribution in [0.5, 0.6) is 0 Å². The van der Waals surface area contributed by atoms with Crippen LogP contribution in [0.1, 0.15) is 0 Å². The van der Waals surface area contributed by atoms with Crippen molar-refractivity contribution in [1.82, 2.24) is 0 Å². The standard InChI is InChI=1S/Al.FH.K.H2O.O.H/h;1H;;1H2;;/q+1;;;;;/p-1. The van der Waals surface area contributed by atoms with Crippen LogP contribution in [0.25, 0.3) is 0 Å². The van der Waals surface area contributed by atoms with E-state index in [0.717, 1.165) is 0 Å². The molecule has 2 nitrogen and oxygen atoms in total. The molecule has 0 fully saturated rings. The molecule has 5 heteroatoms. The molecule has 0 rings (SSSR count). The zero-order chi connectivity index (χ0) is 2.71. The zero-order valence-corrected chi connectivity index (χ0v) is 3.00. The molecule has 0 saturated carbocycles. The quantitative estimate of drug-likeness (QED) is 0.393. The van der Waals surface area contributed by atoms with Gasteiger partial charge in [-0.05, 0) is 0 Å². The van der Waals surface area contributed by atoms with Crippen molar-refractivity contribution in [3.63, 3.8) is 0 Å². The predicted molar refractivity (Wildman–Crippen MR) is 18.3 cm³/mol. The first kappa shape index (κ1) is 15.9. The van der Waals surface area contributed by atoms with Crippen LogP contribution in [0, 0.1) is 0 Å². The Bertz CT molecular complexity index is 17.1. The van der Waals surface area contributed by atoms with Crippen LogP contribution in [-0.4, -0.2) is 71.0 Å². The van der Waals surface area contributed by atoms with Gasteiger partial charge in [-0.3, -0.25) is 4.70 Å². The van der Waals surface area contributed by atoms with Gasteiger partial charge in [-0.2, -0.15) is 0 Å². The van der Waals surface area contributed by atoms with E-state index in [9.17, 15) is 0 Å². The van der Waals surface area contributed by atoms with Crippen LogP contribution in [0.4, 0.5) is 4.70 Å². The summed E-state index contributed by atoms with van der Waals surface area (Å²) in [6, 6.07) is 0. The second kappa shape index (κ2) is 17.3. The first-order chi connectivity index (χ1) is 1.41. The Morgan fingerprint density at radius 1 is 1.60 bits per heavy atom. The minimum absolute atomic E-state index is 0. The minimum atomic E-state index is -1.50. The maximum absolute atomic E-state index is 8.57. The maximum atomic E-state index is 8.57. The summed E-state index contributed by atoms with van der Waals surface area (Å²) >= 11 is -1.50. The third-order valence-electron chi connectivity index (χ3n) is 0. The van der Waals surface area contributed by atoms with E-state index in [4.69, 9.17) is 7.96 Å². The molecular formula is H3AlFKO2. The molecule has 0 aromatic heterocycles. The molecule has 0 bridgehead atoms. The SMILES string of the molecule is F.[KH].[O]=[Al][OH]. The van der Waals surface area contributed by atoms with E-state index in [0.29, 0.717) is 0 Å². The summed E-state index contributed by atoms with van der Waals surface area (Å²) in [4.78, 5) is 0. The summed E-state index contributed by atoms with van der Waals surface area (Å²) < 4.78 is 15.7. The van der Waals surface area contributed by atoms with Gasteiger partial charge in [0.15, 0.2) is 0 Å². The van der Waals surface area contributed by atoms with Crippen molar-refractivity contribution in [3.05, 3.63) is 0 Å². The van der Waals surface area contributed by atoms with Crippen molar-refractivity contribution in [2.75, 3.05) is 0 Å². The van der Waals surface area contributed by atoms with Crippen LogP contribution >= 0.6 is 0 Å². The fraction of sp³-hybridized carbons (Fsp3) is 0. The van der Waals surface area contributed by atoms with Gasteiger partial charge in [0, 0.05) is 0 Å². The predicted octanol–water partition coefficient (Wildman–Crippen LogP) is -1.55. The molecule has 0 aliphatic heterocycles. The Kier molecular flexibility index (Phi) is 54.9. The first-order valence-corrected chi connectivity index (χ1v) is 1.48. The number of hydrogen-bond acceptors (Lipinski definition) is 1. The van der Waals surface area contributed by atoms with Gasteiger partial charge in [-0.1, -0.05) is 0 Å². The van der Waals surface area contributed by atoms with E-state index in [-0.39, 0.29) is 56.1 Å². The molecule has 0 saturated heterocycles. The Balaban J connectivity index is -0.0000000200. The molecule has 0 aromatic carbocycles. The Morgan fingerprint density at radius 3 is 1.60 bits per heavy atom. The summed E-state index contributed by atoms with van der Waals surface area (Å²) in [6.07, 6.45) is 0. The summed E-state index contributed by atoms with van der Waals surface area (Å²) in [5.74, 6) is 0. The number of halogens is 1. The van der Waals surface area contributed by atoms with Crippen LogP contribution < -0.4 is 0 Å². The molecule has 26 valence electrons. The van der Waals surface area contributed by atoms with Crippen molar-refractivity contribution >= 4 is 66.9 Å². The van der Waals surface area contributed by atoms with Gasteiger partial charge in [0.1, 0.15) is 0 Å². The average Bonchev–Trinajstić information content (AvgIpc) is 0.918. The molecule has 0 aliphatic rings. The molecule has 0 radical (unpaired) electrons. The van der Waals surface area contributed by atoms with E-state index in [1.165, 1.54) is 0 Å². The van der Waals surface area contributed by atoms with Gasteiger partial charge in [0.05, 0.1) is 0 Å². The van der Waals surface area contributed by atoms with E-state index in [1.807, 2.05) is 0 Å². The molecule has 0 atom stereocenters. The van der Waals surface area contributed by atoms with E-state index in [1.54, 1.807) is 0 Å². The molecule has 1 N–H and O–H groups in total. The van der Waals surface area contributed by atoms with E-state index >= 15 is 0 Å². The Hall–Kier alpha value is 1.70. The molecule has 0 aromatic rings. The van der Waals surface area contributed by atoms with Crippen LogP contribution in [-0.2, 0) is 3.80 Å². The average molecular weight is 120 g/mol. The van der Waals surface area contributed by atoms with Gasteiger partial charge >= 0.3 is 74.8 Å².